The number of ether oxygens (including phenoxy) is 1. The summed E-state index contributed by atoms with van der Waals surface area (Å²) in [6.45, 7) is 6.02. The molecular formula is C12H15ClO2. The molecule has 0 radical (unpaired) electrons. The number of carbonyl (C=O) groups excluding carboxylic acids is 1. The summed E-state index contributed by atoms with van der Waals surface area (Å²) in [5.41, 5.74) is 3.28. The van der Waals surface area contributed by atoms with Crippen LogP contribution in [0.25, 0.3) is 0 Å². The molecule has 0 heterocycles. The molecule has 0 aliphatic rings. The highest BCUT2D eigenvalue weighted by Crippen LogP contribution is 2.25. The van der Waals surface area contributed by atoms with Gasteiger partial charge in [-0.3, -0.25) is 4.79 Å². The molecule has 0 fully saturated rings. The van der Waals surface area contributed by atoms with E-state index in [1.54, 1.807) is 0 Å². The standard InChI is InChI=1S/C12H15ClO2/c1-8-4-5-9(2)12(10(8)3)15-7-11(14)6-13/h4-5H,6-7H2,1-3H3. The molecule has 2 nitrogen and oxygen atoms in total. The number of halogens is 1. The highest BCUT2D eigenvalue weighted by Gasteiger charge is 2.08. The molecule has 15 heavy (non-hydrogen) atoms. The van der Waals surface area contributed by atoms with E-state index in [9.17, 15) is 4.79 Å². The van der Waals surface area contributed by atoms with Gasteiger partial charge in [0, 0.05) is 0 Å². The van der Waals surface area contributed by atoms with Gasteiger partial charge in [0.25, 0.3) is 0 Å². The normalized spacial score (nSPS) is 10.1. The maximum atomic E-state index is 11.0. The van der Waals surface area contributed by atoms with Crippen LogP contribution in [0.3, 0.4) is 0 Å². The molecule has 0 amide bonds. The Balaban J connectivity index is 2.84. The minimum atomic E-state index is -0.100. The summed E-state index contributed by atoms with van der Waals surface area (Å²) in [6, 6.07) is 4.03. The van der Waals surface area contributed by atoms with Crippen molar-refractivity contribution >= 4 is 17.4 Å². The third-order valence-corrected chi connectivity index (χ3v) is 2.70. The number of benzene rings is 1. The van der Waals surface area contributed by atoms with Crippen molar-refractivity contribution < 1.29 is 9.53 Å². The van der Waals surface area contributed by atoms with Crippen molar-refractivity contribution in [3.05, 3.63) is 28.8 Å². The number of aryl methyl sites for hydroxylation is 2. The van der Waals surface area contributed by atoms with Gasteiger partial charge >= 0.3 is 0 Å². The van der Waals surface area contributed by atoms with E-state index in [1.165, 1.54) is 0 Å². The summed E-state index contributed by atoms with van der Waals surface area (Å²) in [6.07, 6.45) is 0. The van der Waals surface area contributed by atoms with E-state index < -0.39 is 0 Å². The second-order valence-corrected chi connectivity index (χ2v) is 3.88. The molecule has 0 aromatic heterocycles. The lowest BCUT2D eigenvalue weighted by molar-refractivity contribution is -0.118. The molecule has 3 heteroatoms. The zero-order chi connectivity index (χ0) is 11.4. The van der Waals surface area contributed by atoms with E-state index in [2.05, 4.69) is 0 Å². The molecule has 0 atom stereocenters. The highest BCUT2D eigenvalue weighted by molar-refractivity contribution is 6.27. The Morgan fingerprint density at radius 1 is 1.27 bits per heavy atom. The van der Waals surface area contributed by atoms with Gasteiger partial charge in [-0.15, -0.1) is 11.6 Å². The van der Waals surface area contributed by atoms with E-state index in [-0.39, 0.29) is 18.3 Å². The van der Waals surface area contributed by atoms with Crippen LogP contribution in [0.2, 0.25) is 0 Å². The monoisotopic (exact) mass is 226 g/mol. The fourth-order valence-electron chi connectivity index (χ4n) is 1.34. The summed E-state index contributed by atoms with van der Waals surface area (Å²) in [7, 11) is 0. The number of ketones is 1. The van der Waals surface area contributed by atoms with E-state index in [0.29, 0.717) is 0 Å². The SMILES string of the molecule is Cc1ccc(C)c(OCC(=O)CCl)c1C. The van der Waals surface area contributed by atoms with Gasteiger partial charge in [-0.05, 0) is 37.5 Å². The van der Waals surface area contributed by atoms with E-state index >= 15 is 0 Å². The largest absolute Gasteiger partial charge is 0.485 e. The molecule has 82 valence electrons. The number of hydrogen-bond donors (Lipinski definition) is 0. The third-order valence-electron chi connectivity index (χ3n) is 2.40. The topological polar surface area (TPSA) is 26.3 Å². The second-order valence-electron chi connectivity index (χ2n) is 3.61. The van der Waals surface area contributed by atoms with Crippen molar-refractivity contribution in [2.45, 2.75) is 20.8 Å². The van der Waals surface area contributed by atoms with Gasteiger partial charge < -0.3 is 4.74 Å². The molecule has 0 unspecified atom stereocenters. The van der Waals surface area contributed by atoms with Gasteiger partial charge in [0.1, 0.15) is 12.4 Å². The molecule has 0 bridgehead atoms. The van der Waals surface area contributed by atoms with Crippen molar-refractivity contribution in [3.63, 3.8) is 0 Å². The molecule has 0 aliphatic carbocycles. The van der Waals surface area contributed by atoms with Crippen LogP contribution in [0.1, 0.15) is 16.7 Å². The molecule has 0 saturated carbocycles. The molecule has 0 spiro atoms. The van der Waals surface area contributed by atoms with E-state index in [0.717, 1.165) is 22.4 Å². The number of alkyl halides is 1. The number of carbonyl (C=O) groups is 1. The maximum Gasteiger partial charge on any atom is 0.184 e. The summed E-state index contributed by atoms with van der Waals surface area (Å²) < 4.78 is 5.47. The Bertz CT molecular complexity index is 372. The van der Waals surface area contributed by atoms with Crippen LogP contribution in [0.5, 0.6) is 5.75 Å². The van der Waals surface area contributed by atoms with E-state index in [1.807, 2.05) is 32.9 Å². The number of rotatable bonds is 4. The lowest BCUT2D eigenvalue weighted by Gasteiger charge is -2.12. The second kappa shape index (κ2) is 5.17. The van der Waals surface area contributed by atoms with Gasteiger partial charge in [-0.25, -0.2) is 0 Å². The van der Waals surface area contributed by atoms with Gasteiger partial charge in [-0.2, -0.15) is 0 Å². The molecule has 0 saturated heterocycles. The first kappa shape index (κ1) is 12.1. The summed E-state index contributed by atoms with van der Waals surface area (Å²) in [4.78, 5) is 11.0. The average molecular weight is 227 g/mol. The van der Waals surface area contributed by atoms with Gasteiger partial charge in [-0.1, -0.05) is 12.1 Å². The zero-order valence-electron chi connectivity index (χ0n) is 9.26. The smallest absolute Gasteiger partial charge is 0.184 e. The van der Waals surface area contributed by atoms with Crippen molar-refractivity contribution in [3.8, 4) is 5.75 Å². The lowest BCUT2D eigenvalue weighted by Crippen LogP contribution is -2.13. The zero-order valence-corrected chi connectivity index (χ0v) is 10.0. The summed E-state index contributed by atoms with van der Waals surface area (Å²) in [5, 5.41) is 0. The molecule has 1 aromatic rings. The number of Topliss-reactive ketones (excluding diaryl/α,β-unsaturated/α-hetero) is 1. The van der Waals surface area contributed by atoms with Crippen LogP contribution < -0.4 is 4.74 Å². The van der Waals surface area contributed by atoms with Crippen molar-refractivity contribution in [2.24, 2.45) is 0 Å². The minimum absolute atomic E-state index is 0.00388. The Kier molecular flexibility index (Phi) is 4.15. The maximum absolute atomic E-state index is 11.0. The first-order chi connectivity index (χ1) is 7.06. The predicted molar refractivity (Wildman–Crippen MR) is 61.9 cm³/mol. The van der Waals surface area contributed by atoms with Crippen LogP contribution in [0, 0.1) is 20.8 Å². The Morgan fingerprint density at radius 2 is 1.87 bits per heavy atom. The average Bonchev–Trinajstić information content (AvgIpc) is 2.23. The van der Waals surface area contributed by atoms with Crippen LogP contribution in [0.15, 0.2) is 12.1 Å². The Hall–Kier alpha value is -1.02. The van der Waals surface area contributed by atoms with E-state index in [4.69, 9.17) is 16.3 Å². The van der Waals surface area contributed by atoms with Crippen molar-refractivity contribution in [1.29, 1.82) is 0 Å². The fourth-order valence-corrected chi connectivity index (χ4v) is 1.42. The first-order valence-corrected chi connectivity index (χ1v) is 5.37. The number of hydrogen-bond acceptors (Lipinski definition) is 2. The lowest BCUT2D eigenvalue weighted by atomic mass is 10.1. The molecular weight excluding hydrogens is 212 g/mol. The van der Waals surface area contributed by atoms with Crippen LogP contribution >= 0.6 is 11.6 Å². The Morgan fingerprint density at radius 3 is 2.47 bits per heavy atom. The molecule has 1 aromatic carbocycles. The third kappa shape index (κ3) is 2.96. The van der Waals surface area contributed by atoms with Gasteiger partial charge in [0.15, 0.2) is 5.78 Å². The van der Waals surface area contributed by atoms with Crippen LogP contribution in [-0.2, 0) is 4.79 Å². The predicted octanol–water partition coefficient (Wildman–Crippen LogP) is 2.80. The molecule has 1 rings (SSSR count). The highest BCUT2D eigenvalue weighted by atomic mass is 35.5. The Labute approximate surface area is 95.2 Å². The molecule has 0 aliphatic heterocycles. The van der Waals surface area contributed by atoms with Crippen LogP contribution in [-0.4, -0.2) is 18.3 Å². The van der Waals surface area contributed by atoms with Crippen molar-refractivity contribution in [1.82, 2.24) is 0 Å². The minimum Gasteiger partial charge on any atom is -0.485 e. The molecule has 0 N–H and O–H groups in total. The van der Waals surface area contributed by atoms with Gasteiger partial charge in [0.2, 0.25) is 0 Å². The van der Waals surface area contributed by atoms with Crippen LogP contribution in [0.4, 0.5) is 0 Å². The quantitative estimate of drug-likeness (QED) is 0.738. The van der Waals surface area contributed by atoms with Crippen molar-refractivity contribution in [2.75, 3.05) is 12.5 Å². The summed E-state index contributed by atoms with van der Waals surface area (Å²) >= 11 is 5.40. The first-order valence-electron chi connectivity index (χ1n) is 4.83. The summed E-state index contributed by atoms with van der Waals surface area (Å²) in [5.74, 6) is 0.703. The van der Waals surface area contributed by atoms with Gasteiger partial charge in [0.05, 0.1) is 5.88 Å². The fraction of sp³-hybridized carbons (Fsp3) is 0.417.